The number of nitrogens with zero attached hydrogens (tertiary/aromatic N) is 1. The second-order valence-corrected chi connectivity index (χ2v) is 5.31. The third kappa shape index (κ3) is 2.95. The van der Waals surface area contributed by atoms with E-state index in [1.54, 1.807) is 6.07 Å². The summed E-state index contributed by atoms with van der Waals surface area (Å²) >= 11 is 0. The van der Waals surface area contributed by atoms with Crippen LogP contribution in [0.4, 0.5) is 13.2 Å². The average molecular weight is 296 g/mol. The number of rotatable bonds is 2. The van der Waals surface area contributed by atoms with Crippen LogP contribution in [0.3, 0.4) is 0 Å². The fraction of sp³-hybridized carbons (Fsp3) is 0.400. The lowest BCUT2D eigenvalue weighted by molar-refractivity contribution is -0.138. The second-order valence-electron chi connectivity index (χ2n) is 5.31. The summed E-state index contributed by atoms with van der Waals surface area (Å²) in [7, 11) is 0. The van der Waals surface area contributed by atoms with Crippen LogP contribution in [0.1, 0.15) is 34.9 Å². The third-order valence-electron chi connectivity index (χ3n) is 3.69. The molecule has 3 nitrogen and oxygen atoms in total. The van der Waals surface area contributed by atoms with Crippen molar-refractivity contribution in [3.8, 4) is 0 Å². The first-order chi connectivity index (χ1) is 9.93. The summed E-state index contributed by atoms with van der Waals surface area (Å²) in [6.45, 7) is 0. The predicted molar refractivity (Wildman–Crippen MR) is 70.8 cm³/mol. The smallest absolute Gasteiger partial charge is 0.416 e. The quantitative estimate of drug-likeness (QED) is 0.926. The summed E-state index contributed by atoms with van der Waals surface area (Å²) in [5, 5.41) is 0. The van der Waals surface area contributed by atoms with Gasteiger partial charge in [0.25, 0.3) is 0 Å². The molecule has 1 aromatic heterocycles. The van der Waals surface area contributed by atoms with Gasteiger partial charge in [0.2, 0.25) is 0 Å². The van der Waals surface area contributed by atoms with Crippen LogP contribution in [0, 0.1) is 0 Å². The van der Waals surface area contributed by atoms with Crippen molar-refractivity contribution >= 4 is 0 Å². The molecule has 21 heavy (non-hydrogen) atoms. The van der Waals surface area contributed by atoms with Gasteiger partial charge in [-0.15, -0.1) is 0 Å². The molecule has 6 heteroatoms. The highest BCUT2D eigenvalue weighted by Crippen LogP contribution is 2.33. The van der Waals surface area contributed by atoms with Gasteiger partial charge in [0.15, 0.2) is 5.89 Å². The molecule has 0 fully saturated rings. The number of alkyl halides is 3. The maximum Gasteiger partial charge on any atom is 0.416 e. The average Bonchev–Trinajstić information content (AvgIpc) is 2.79. The molecule has 0 spiro atoms. The van der Waals surface area contributed by atoms with E-state index in [2.05, 4.69) is 4.98 Å². The Morgan fingerprint density at radius 2 is 2.05 bits per heavy atom. The van der Waals surface area contributed by atoms with Crippen molar-refractivity contribution in [3.05, 3.63) is 52.7 Å². The maximum absolute atomic E-state index is 13.0. The standard InChI is InChI=1S/C15H15F3N2O/c16-15(17,18)11-4-2-1-3-9(11)7-14-20-12-6-5-10(19)8-13(12)21-14/h1-4,10H,5-8,19H2. The fourth-order valence-corrected chi connectivity index (χ4v) is 2.64. The topological polar surface area (TPSA) is 52.0 Å². The number of hydrogen-bond donors (Lipinski definition) is 1. The Balaban J connectivity index is 1.88. The van der Waals surface area contributed by atoms with Crippen molar-refractivity contribution in [2.24, 2.45) is 5.73 Å². The Hall–Kier alpha value is -1.82. The molecule has 1 heterocycles. The zero-order chi connectivity index (χ0) is 15.0. The van der Waals surface area contributed by atoms with Gasteiger partial charge in [0.1, 0.15) is 5.76 Å². The zero-order valence-corrected chi connectivity index (χ0v) is 11.3. The number of nitrogens with two attached hydrogens (primary N) is 1. The van der Waals surface area contributed by atoms with E-state index in [1.807, 2.05) is 0 Å². The van der Waals surface area contributed by atoms with E-state index in [1.165, 1.54) is 12.1 Å². The molecule has 0 saturated heterocycles. The maximum atomic E-state index is 13.0. The van der Waals surface area contributed by atoms with Crippen LogP contribution < -0.4 is 5.73 Å². The number of halogens is 3. The molecule has 0 bridgehead atoms. The van der Waals surface area contributed by atoms with Crippen LogP contribution in [-0.2, 0) is 25.4 Å². The van der Waals surface area contributed by atoms with Gasteiger partial charge in [-0.2, -0.15) is 13.2 Å². The second kappa shape index (κ2) is 5.18. The molecule has 1 aliphatic carbocycles. The Labute approximate surface area is 120 Å². The lowest BCUT2D eigenvalue weighted by atomic mass is 9.98. The first-order valence-corrected chi connectivity index (χ1v) is 6.81. The normalized spacial score (nSPS) is 18.6. The van der Waals surface area contributed by atoms with E-state index < -0.39 is 11.7 Å². The van der Waals surface area contributed by atoms with Crippen LogP contribution in [0.25, 0.3) is 0 Å². The molecule has 112 valence electrons. The molecule has 0 saturated carbocycles. The minimum absolute atomic E-state index is 0.0396. The first kappa shape index (κ1) is 14.1. The Kier molecular flexibility index (Phi) is 3.49. The van der Waals surface area contributed by atoms with Crippen molar-refractivity contribution < 1.29 is 17.6 Å². The van der Waals surface area contributed by atoms with Crippen molar-refractivity contribution in [2.45, 2.75) is 37.9 Å². The number of oxazole rings is 1. The minimum atomic E-state index is -4.37. The van der Waals surface area contributed by atoms with Gasteiger partial charge in [0, 0.05) is 18.9 Å². The molecule has 0 aliphatic heterocycles. The lowest BCUT2D eigenvalue weighted by Gasteiger charge is -2.14. The van der Waals surface area contributed by atoms with Gasteiger partial charge in [-0.3, -0.25) is 0 Å². The SMILES string of the molecule is NC1CCc2nc(Cc3ccccc3C(F)(F)F)oc2C1. The highest BCUT2D eigenvalue weighted by molar-refractivity contribution is 5.32. The summed E-state index contributed by atoms with van der Waals surface area (Å²) in [4.78, 5) is 4.31. The highest BCUT2D eigenvalue weighted by Gasteiger charge is 2.33. The molecule has 1 aromatic carbocycles. The first-order valence-electron chi connectivity index (χ1n) is 6.81. The minimum Gasteiger partial charge on any atom is -0.445 e. The summed E-state index contributed by atoms with van der Waals surface area (Å²) in [5.41, 5.74) is 6.22. The number of hydrogen-bond acceptors (Lipinski definition) is 3. The van der Waals surface area contributed by atoms with Crippen LogP contribution in [0.15, 0.2) is 28.7 Å². The van der Waals surface area contributed by atoms with E-state index in [4.69, 9.17) is 10.2 Å². The number of benzene rings is 1. The number of fused-ring (bicyclic) bond motifs is 1. The molecule has 3 rings (SSSR count). The molecular formula is C15H15F3N2O. The number of aryl methyl sites for hydroxylation is 1. The van der Waals surface area contributed by atoms with E-state index in [-0.39, 0.29) is 18.0 Å². The van der Waals surface area contributed by atoms with Gasteiger partial charge in [-0.25, -0.2) is 4.98 Å². The van der Waals surface area contributed by atoms with Crippen molar-refractivity contribution in [1.29, 1.82) is 0 Å². The van der Waals surface area contributed by atoms with E-state index in [0.29, 0.717) is 18.1 Å². The molecular weight excluding hydrogens is 281 g/mol. The van der Waals surface area contributed by atoms with Crippen LogP contribution in [-0.4, -0.2) is 11.0 Å². The number of aromatic nitrogens is 1. The molecule has 0 radical (unpaired) electrons. The van der Waals surface area contributed by atoms with Crippen molar-refractivity contribution in [3.63, 3.8) is 0 Å². The predicted octanol–water partition coefficient (Wildman–Crippen LogP) is 3.10. The molecule has 2 N–H and O–H groups in total. The van der Waals surface area contributed by atoms with Crippen LogP contribution >= 0.6 is 0 Å². The summed E-state index contributed by atoms with van der Waals surface area (Å²) in [6.07, 6.45) is -2.18. The van der Waals surface area contributed by atoms with Crippen molar-refractivity contribution in [2.75, 3.05) is 0 Å². The summed E-state index contributed by atoms with van der Waals surface area (Å²) in [6, 6.07) is 5.54. The van der Waals surface area contributed by atoms with E-state index in [9.17, 15) is 13.2 Å². The Bertz CT molecular complexity index is 649. The lowest BCUT2D eigenvalue weighted by Crippen LogP contribution is -2.27. The van der Waals surface area contributed by atoms with Gasteiger partial charge < -0.3 is 10.2 Å². The van der Waals surface area contributed by atoms with Gasteiger partial charge in [-0.05, 0) is 24.5 Å². The fourth-order valence-electron chi connectivity index (χ4n) is 2.64. The van der Waals surface area contributed by atoms with Gasteiger partial charge in [0.05, 0.1) is 11.3 Å². The molecule has 1 unspecified atom stereocenters. The van der Waals surface area contributed by atoms with E-state index in [0.717, 1.165) is 24.6 Å². The van der Waals surface area contributed by atoms with Gasteiger partial charge in [-0.1, -0.05) is 18.2 Å². The Morgan fingerprint density at radius 3 is 2.81 bits per heavy atom. The van der Waals surface area contributed by atoms with E-state index >= 15 is 0 Å². The monoisotopic (exact) mass is 296 g/mol. The van der Waals surface area contributed by atoms with Crippen LogP contribution in [0.5, 0.6) is 0 Å². The van der Waals surface area contributed by atoms with Gasteiger partial charge >= 0.3 is 6.18 Å². The molecule has 2 aromatic rings. The van der Waals surface area contributed by atoms with Crippen molar-refractivity contribution in [1.82, 2.24) is 4.98 Å². The molecule has 1 atom stereocenters. The summed E-state index contributed by atoms with van der Waals surface area (Å²) < 4.78 is 44.5. The third-order valence-corrected chi connectivity index (χ3v) is 3.69. The Morgan fingerprint density at radius 1 is 1.29 bits per heavy atom. The molecule has 1 aliphatic rings. The molecule has 0 amide bonds. The van der Waals surface area contributed by atoms with Crippen LogP contribution in [0.2, 0.25) is 0 Å². The summed E-state index contributed by atoms with van der Waals surface area (Å²) in [5.74, 6) is 1.04. The largest absolute Gasteiger partial charge is 0.445 e. The zero-order valence-electron chi connectivity index (χ0n) is 11.3. The highest BCUT2D eigenvalue weighted by atomic mass is 19.4.